The summed E-state index contributed by atoms with van der Waals surface area (Å²) < 4.78 is 25.5. The molecule has 1 aliphatic carbocycles. The first kappa shape index (κ1) is 12.7. The van der Waals surface area contributed by atoms with Gasteiger partial charge >= 0.3 is 5.97 Å². The van der Waals surface area contributed by atoms with Gasteiger partial charge in [0.2, 0.25) is 0 Å². The fraction of sp³-hybridized carbons (Fsp3) is 0.364. The maximum atomic E-state index is 12.1. The largest absolute Gasteiger partial charge is 0.478 e. The van der Waals surface area contributed by atoms with Gasteiger partial charge in [-0.3, -0.25) is 4.68 Å². The third-order valence-electron chi connectivity index (χ3n) is 2.83. The highest BCUT2D eigenvalue weighted by Crippen LogP contribution is 2.28. The maximum Gasteiger partial charge on any atom is 0.332 e. The van der Waals surface area contributed by atoms with Crippen LogP contribution in [0, 0.1) is 0 Å². The van der Waals surface area contributed by atoms with E-state index in [2.05, 4.69) is 4.83 Å². The van der Waals surface area contributed by atoms with Gasteiger partial charge < -0.3 is 5.11 Å². The van der Waals surface area contributed by atoms with Crippen molar-refractivity contribution in [2.45, 2.75) is 25.7 Å². The van der Waals surface area contributed by atoms with E-state index in [4.69, 9.17) is 5.11 Å². The second-order valence-corrected chi connectivity index (χ2v) is 5.78. The number of nitrogens with one attached hydrogen (secondary N) is 1. The molecule has 0 unspecified atom stereocenters. The van der Waals surface area contributed by atoms with E-state index in [1.165, 1.54) is 4.68 Å². The molecule has 1 aromatic heterocycles. The minimum atomic E-state index is -3.79. The molecule has 2 N–H and O–H groups in total. The predicted molar refractivity (Wildman–Crippen MR) is 65.8 cm³/mol. The van der Waals surface area contributed by atoms with Crippen LogP contribution in [-0.4, -0.2) is 24.2 Å². The van der Waals surface area contributed by atoms with Gasteiger partial charge in [0.25, 0.3) is 10.0 Å². The third-order valence-corrected chi connectivity index (χ3v) is 4.38. The second-order valence-electron chi connectivity index (χ2n) is 4.10. The topological polar surface area (TPSA) is 88.4 Å². The molecule has 0 radical (unpaired) electrons. The van der Waals surface area contributed by atoms with E-state index in [-0.39, 0.29) is 16.9 Å². The number of aromatic nitrogens is 1. The Balaban J connectivity index is 2.35. The number of hydrogen-bond donors (Lipinski definition) is 2. The highest BCUT2D eigenvalue weighted by molar-refractivity contribution is 7.96. The lowest BCUT2D eigenvalue weighted by molar-refractivity contribution is -0.132. The van der Waals surface area contributed by atoms with Crippen molar-refractivity contribution in [1.82, 2.24) is 4.68 Å². The van der Waals surface area contributed by atoms with Crippen molar-refractivity contribution in [3.63, 3.8) is 0 Å². The third kappa shape index (κ3) is 2.56. The molecule has 1 heterocycles. The molecule has 0 saturated carbocycles. The van der Waals surface area contributed by atoms with E-state index in [1.807, 2.05) is 0 Å². The standard InChI is InChI=1S/C11H14N2O4S/c14-11(15)9-5-1-2-6-10(9)18(16,17)12-13-7-3-4-8-13/h3-4,7-8,12H,1-2,5-6H2,(H,14,15). The summed E-state index contributed by atoms with van der Waals surface area (Å²) in [6.45, 7) is 0. The Bertz CT molecular complexity index is 572. The first-order chi connectivity index (χ1) is 8.50. The fourth-order valence-electron chi connectivity index (χ4n) is 1.99. The maximum absolute atomic E-state index is 12.1. The summed E-state index contributed by atoms with van der Waals surface area (Å²) in [5.41, 5.74) is 0.000839. The molecule has 0 atom stereocenters. The number of nitrogens with zero attached hydrogens (tertiary/aromatic N) is 1. The van der Waals surface area contributed by atoms with Gasteiger partial charge in [0.05, 0.1) is 10.5 Å². The van der Waals surface area contributed by atoms with Crippen LogP contribution in [0.1, 0.15) is 25.7 Å². The molecule has 1 aliphatic rings. The molecule has 7 heteroatoms. The van der Waals surface area contributed by atoms with Crippen LogP contribution in [0.15, 0.2) is 35.0 Å². The van der Waals surface area contributed by atoms with Gasteiger partial charge in [0.15, 0.2) is 0 Å². The van der Waals surface area contributed by atoms with E-state index in [0.29, 0.717) is 19.3 Å². The van der Waals surface area contributed by atoms with Crippen molar-refractivity contribution in [2.75, 3.05) is 4.83 Å². The van der Waals surface area contributed by atoms with Gasteiger partial charge in [-0.1, -0.05) is 0 Å². The molecule has 0 bridgehead atoms. The smallest absolute Gasteiger partial charge is 0.332 e. The Kier molecular flexibility index (Phi) is 3.42. The average Bonchev–Trinajstić information content (AvgIpc) is 2.81. The number of aliphatic carboxylic acids is 1. The van der Waals surface area contributed by atoms with Crippen molar-refractivity contribution >= 4 is 16.0 Å². The number of carboxylic acid groups (broad SMARTS) is 1. The van der Waals surface area contributed by atoms with Crippen LogP contribution < -0.4 is 4.83 Å². The Morgan fingerprint density at radius 2 is 1.83 bits per heavy atom. The van der Waals surface area contributed by atoms with E-state index >= 15 is 0 Å². The van der Waals surface area contributed by atoms with Crippen LogP contribution in [0.25, 0.3) is 0 Å². The van der Waals surface area contributed by atoms with E-state index in [0.717, 1.165) is 0 Å². The minimum absolute atomic E-state index is 0.000839. The zero-order valence-corrected chi connectivity index (χ0v) is 10.5. The van der Waals surface area contributed by atoms with Gasteiger partial charge in [-0.2, -0.15) is 0 Å². The monoisotopic (exact) mass is 270 g/mol. The van der Waals surface area contributed by atoms with Crippen LogP contribution in [-0.2, 0) is 14.8 Å². The van der Waals surface area contributed by atoms with Crippen molar-refractivity contribution in [3.05, 3.63) is 35.0 Å². The molecule has 0 fully saturated rings. The predicted octanol–water partition coefficient (Wildman–Crippen LogP) is 1.27. The summed E-state index contributed by atoms with van der Waals surface area (Å²) >= 11 is 0. The number of carbonyl (C=O) groups is 1. The van der Waals surface area contributed by atoms with E-state index < -0.39 is 16.0 Å². The normalized spacial score (nSPS) is 16.7. The molecule has 1 aromatic rings. The molecular formula is C11H14N2O4S. The molecule has 6 nitrogen and oxygen atoms in total. The summed E-state index contributed by atoms with van der Waals surface area (Å²) in [5, 5.41) is 9.04. The zero-order chi connectivity index (χ0) is 13.2. The summed E-state index contributed by atoms with van der Waals surface area (Å²) in [6, 6.07) is 3.35. The number of allylic oxidation sites excluding steroid dienone is 1. The molecule has 98 valence electrons. The summed E-state index contributed by atoms with van der Waals surface area (Å²) in [5.74, 6) is -1.15. The Labute approximate surface area is 105 Å². The van der Waals surface area contributed by atoms with Crippen LogP contribution in [0.5, 0.6) is 0 Å². The number of hydrogen-bond acceptors (Lipinski definition) is 3. The summed E-state index contributed by atoms with van der Waals surface area (Å²) in [7, 11) is -3.79. The lowest BCUT2D eigenvalue weighted by Gasteiger charge is -2.18. The second kappa shape index (κ2) is 4.85. The highest BCUT2D eigenvalue weighted by Gasteiger charge is 2.28. The molecular weight excluding hydrogens is 256 g/mol. The summed E-state index contributed by atoms with van der Waals surface area (Å²) in [6.07, 6.45) is 5.07. The first-order valence-corrected chi connectivity index (χ1v) is 7.10. The lowest BCUT2D eigenvalue weighted by Crippen LogP contribution is -2.26. The Hall–Kier alpha value is -1.76. The molecule has 2 rings (SSSR count). The average molecular weight is 270 g/mol. The van der Waals surface area contributed by atoms with Gasteiger partial charge in [-0.25, -0.2) is 18.0 Å². The van der Waals surface area contributed by atoms with Gasteiger partial charge in [-0.05, 0) is 37.8 Å². The number of sulfonamides is 1. The van der Waals surface area contributed by atoms with Crippen LogP contribution in [0.2, 0.25) is 0 Å². The van der Waals surface area contributed by atoms with Crippen molar-refractivity contribution < 1.29 is 18.3 Å². The van der Waals surface area contributed by atoms with Crippen molar-refractivity contribution in [2.24, 2.45) is 0 Å². The van der Waals surface area contributed by atoms with Gasteiger partial charge in [-0.15, -0.1) is 0 Å². The molecule has 0 aromatic carbocycles. The quantitative estimate of drug-likeness (QED) is 0.862. The molecule has 0 amide bonds. The highest BCUT2D eigenvalue weighted by atomic mass is 32.2. The van der Waals surface area contributed by atoms with Crippen LogP contribution >= 0.6 is 0 Å². The van der Waals surface area contributed by atoms with Gasteiger partial charge in [0, 0.05) is 12.4 Å². The number of carboxylic acids is 1. The van der Waals surface area contributed by atoms with Crippen LogP contribution in [0.4, 0.5) is 0 Å². The Morgan fingerprint density at radius 3 is 2.44 bits per heavy atom. The lowest BCUT2D eigenvalue weighted by atomic mass is 9.99. The minimum Gasteiger partial charge on any atom is -0.478 e. The SMILES string of the molecule is O=C(O)C1=C(S(=O)(=O)Nn2cccc2)CCCC1. The fourth-order valence-corrected chi connectivity index (χ4v) is 3.43. The van der Waals surface area contributed by atoms with Gasteiger partial charge in [0.1, 0.15) is 0 Å². The summed E-state index contributed by atoms with van der Waals surface area (Å²) in [4.78, 5) is 13.4. The molecule has 0 spiro atoms. The zero-order valence-electron chi connectivity index (χ0n) is 9.67. The molecule has 0 aliphatic heterocycles. The van der Waals surface area contributed by atoms with E-state index in [1.54, 1.807) is 24.5 Å². The van der Waals surface area contributed by atoms with E-state index in [9.17, 15) is 13.2 Å². The Morgan fingerprint density at radius 1 is 1.22 bits per heavy atom. The van der Waals surface area contributed by atoms with Crippen molar-refractivity contribution in [1.29, 1.82) is 0 Å². The molecule has 0 saturated heterocycles. The number of rotatable bonds is 4. The first-order valence-electron chi connectivity index (χ1n) is 5.62. The van der Waals surface area contributed by atoms with Crippen LogP contribution in [0.3, 0.4) is 0 Å². The van der Waals surface area contributed by atoms with Crippen molar-refractivity contribution in [3.8, 4) is 0 Å². The molecule has 18 heavy (non-hydrogen) atoms.